The summed E-state index contributed by atoms with van der Waals surface area (Å²) in [6.07, 6.45) is 0.842. The zero-order chi connectivity index (χ0) is 14.7. The highest BCUT2D eigenvalue weighted by Gasteiger charge is 2.45. The SMILES string of the molecule is OC1OC(CCc2ccccc2)C(Cl)C1N1CCOCC1. The first-order valence-electron chi connectivity index (χ1n) is 7.59. The van der Waals surface area contributed by atoms with Crippen LogP contribution in [-0.4, -0.2) is 60.1 Å². The standard InChI is InChI=1S/C16H22ClNO3/c17-14-13(7-6-12-4-2-1-3-5-12)21-16(19)15(14)18-8-10-20-11-9-18/h1-5,13-16,19H,6-11H2. The smallest absolute Gasteiger partial charge is 0.172 e. The Bertz CT molecular complexity index is 438. The predicted molar refractivity (Wildman–Crippen MR) is 81.5 cm³/mol. The monoisotopic (exact) mass is 311 g/mol. The second-order valence-electron chi connectivity index (χ2n) is 5.67. The van der Waals surface area contributed by atoms with Gasteiger partial charge in [0.25, 0.3) is 0 Å². The lowest BCUT2D eigenvalue weighted by Gasteiger charge is -2.34. The quantitative estimate of drug-likeness (QED) is 0.859. The molecule has 0 aromatic heterocycles. The minimum absolute atomic E-state index is 0.102. The van der Waals surface area contributed by atoms with Gasteiger partial charge in [-0.25, -0.2) is 0 Å². The highest BCUT2D eigenvalue weighted by atomic mass is 35.5. The van der Waals surface area contributed by atoms with Gasteiger partial charge in [0.05, 0.1) is 30.7 Å². The number of aliphatic hydroxyl groups is 1. The molecule has 4 atom stereocenters. The number of alkyl halides is 1. The number of morpholine rings is 1. The van der Waals surface area contributed by atoms with E-state index in [1.807, 2.05) is 18.2 Å². The summed E-state index contributed by atoms with van der Waals surface area (Å²) < 4.78 is 11.1. The third-order valence-corrected chi connectivity index (χ3v) is 4.85. The molecule has 1 aromatic carbocycles. The number of benzene rings is 1. The third kappa shape index (κ3) is 3.58. The second kappa shape index (κ2) is 7.07. The van der Waals surface area contributed by atoms with Crippen LogP contribution in [0.1, 0.15) is 12.0 Å². The molecule has 4 unspecified atom stereocenters. The van der Waals surface area contributed by atoms with Crippen LogP contribution in [0, 0.1) is 0 Å². The molecule has 3 rings (SSSR count). The Kier molecular flexibility index (Phi) is 5.14. The maximum absolute atomic E-state index is 10.2. The molecule has 2 aliphatic rings. The molecule has 0 saturated carbocycles. The fourth-order valence-corrected chi connectivity index (χ4v) is 3.62. The molecule has 21 heavy (non-hydrogen) atoms. The maximum atomic E-state index is 10.2. The summed E-state index contributed by atoms with van der Waals surface area (Å²) >= 11 is 6.57. The van der Waals surface area contributed by atoms with E-state index in [4.69, 9.17) is 21.1 Å². The van der Waals surface area contributed by atoms with Gasteiger partial charge in [-0.1, -0.05) is 30.3 Å². The van der Waals surface area contributed by atoms with E-state index in [2.05, 4.69) is 17.0 Å². The van der Waals surface area contributed by atoms with Gasteiger partial charge >= 0.3 is 0 Å². The highest BCUT2D eigenvalue weighted by molar-refractivity contribution is 6.21. The lowest BCUT2D eigenvalue weighted by molar-refractivity contribution is -0.124. The van der Waals surface area contributed by atoms with Gasteiger partial charge < -0.3 is 14.6 Å². The van der Waals surface area contributed by atoms with E-state index in [1.165, 1.54) is 5.56 Å². The molecule has 2 aliphatic heterocycles. The van der Waals surface area contributed by atoms with Gasteiger partial charge in [-0.2, -0.15) is 0 Å². The van der Waals surface area contributed by atoms with Gasteiger partial charge in [-0.3, -0.25) is 4.90 Å². The lowest BCUT2D eigenvalue weighted by atomic mass is 10.0. The van der Waals surface area contributed by atoms with Gasteiger partial charge in [-0.05, 0) is 18.4 Å². The van der Waals surface area contributed by atoms with E-state index < -0.39 is 6.29 Å². The second-order valence-corrected chi connectivity index (χ2v) is 6.18. The molecule has 5 heteroatoms. The van der Waals surface area contributed by atoms with E-state index >= 15 is 0 Å². The summed E-state index contributed by atoms with van der Waals surface area (Å²) in [6.45, 7) is 3.00. The Morgan fingerprint density at radius 1 is 1.19 bits per heavy atom. The van der Waals surface area contributed by atoms with Crippen LogP contribution in [0.3, 0.4) is 0 Å². The van der Waals surface area contributed by atoms with Crippen molar-refractivity contribution in [3.8, 4) is 0 Å². The van der Waals surface area contributed by atoms with Crippen LogP contribution in [0.25, 0.3) is 0 Å². The summed E-state index contributed by atoms with van der Waals surface area (Å²) in [4.78, 5) is 2.19. The topological polar surface area (TPSA) is 41.9 Å². The first-order valence-corrected chi connectivity index (χ1v) is 8.02. The fourth-order valence-electron chi connectivity index (χ4n) is 3.15. The predicted octanol–water partition coefficient (Wildman–Crippen LogP) is 1.64. The number of halogens is 1. The average Bonchev–Trinajstić information content (AvgIpc) is 2.81. The normalized spacial score (nSPS) is 34.2. The lowest BCUT2D eigenvalue weighted by Crippen LogP contribution is -2.50. The number of nitrogens with zero attached hydrogens (tertiary/aromatic N) is 1. The molecule has 0 bridgehead atoms. The molecule has 0 amide bonds. The van der Waals surface area contributed by atoms with E-state index in [0.29, 0.717) is 13.2 Å². The number of rotatable bonds is 4. The van der Waals surface area contributed by atoms with Crippen molar-refractivity contribution < 1.29 is 14.6 Å². The minimum Gasteiger partial charge on any atom is -0.379 e. The van der Waals surface area contributed by atoms with Crippen molar-refractivity contribution in [2.45, 2.75) is 36.7 Å². The van der Waals surface area contributed by atoms with E-state index in [0.717, 1.165) is 25.9 Å². The summed E-state index contributed by atoms with van der Waals surface area (Å²) in [5.41, 5.74) is 1.27. The molecular formula is C16H22ClNO3. The zero-order valence-electron chi connectivity index (χ0n) is 12.0. The van der Waals surface area contributed by atoms with Gasteiger partial charge in [-0.15, -0.1) is 11.6 Å². The summed E-state index contributed by atoms with van der Waals surface area (Å²) in [7, 11) is 0. The zero-order valence-corrected chi connectivity index (χ0v) is 12.8. The van der Waals surface area contributed by atoms with E-state index in [9.17, 15) is 5.11 Å². The third-order valence-electron chi connectivity index (χ3n) is 4.32. The summed E-state index contributed by atoms with van der Waals surface area (Å²) in [5.74, 6) is 0. The number of hydrogen-bond acceptors (Lipinski definition) is 4. The average molecular weight is 312 g/mol. The fraction of sp³-hybridized carbons (Fsp3) is 0.625. The van der Waals surface area contributed by atoms with E-state index in [1.54, 1.807) is 0 Å². The number of aliphatic hydroxyl groups excluding tert-OH is 1. The van der Waals surface area contributed by atoms with Crippen LogP contribution in [0.2, 0.25) is 0 Å². The number of aryl methyl sites for hydroxylation is 1. The molecule has 0 radical (unpaired) electrons. The van der Waals surface area contributed by atoms with Gasteiger partial charge in [0.2, 0.25) is 0 Å². The van der Waals surface area contributed by atoms with Crippen molar-refractivity contribution in [1.29, 1.82) is 0 Å². The van der Waals surface area contributed by atoms with Crippen molar-refractivity contribution in [3.05, 3.63) is 35.9 Å². The molecule has 0 spiro atoms. The van der Waals surface area contributed by atoms with Crippen molar-refractivity contribution in [2.24, 2.45) is 0 Å². The molecule has 2 saturated heterocycles. The minimum atomic E-state index is -0.800. The summed E-state index contributed by atoms with van der Waals surface area (Å²) in [6, 6.07) is 10.2. The molecule has 0 aliphatic carbocycles. The molecule has 4 nitrogen and oxygen atoms in total. The van der Waals surface area contributed by atoms with Crippen LogP contribution in [0.15, 0.2) is 30.3 Å². The van der Waals surface area contributed by atoms with Crippen LogP contribution in [-0.2, 0) is 15.9 Å². The Morgan fingerprint density at radius 3 is 2.62 bits per heavy atom. The first-order chi connectivity index (χ1) is 10.3. The molecule has 2 heterocycles. The molecule has 2 fully saturated rings. The van der Waals surface area contributed by atoms with Crippen LogP contribution >= 0.6 is 11.6 Å². The Morgan fingerprint density at radius 2 is 1.90 bits per heavy atom. The van der Waals surface area contributed by atoms with E-state index in [-0.39, 0.29) is 17.5 Å². The van der Waals surface area contributed by atoms with Crippen molar-refractivity contribution in [2.75, 3.05) is 26.3 Å². The van der Waals surface area contributed by atoms with Gasteiger partial charge in [0, 0.05) is 13.1 Å². The van der Waals surface area contributed by atoms with Crippen molar-refractivity contribution in [3.63, 3.8) is 0 Å². The van der Waals surface area contributed by atoms with Crippen molar-refractivity contribution >= 4 is 11.6 Å². The molecule has 116 valence electrons. The Hall–Kier alpha value is -0.650. The molecular weight excluding hydrogens is 290 g/mol. The number of ether oxygens (including phenoxy) is 2. The van der Waals surface area contributed by atoms with Crippen LogP contribution in [0.5, 0.6) is 0 Å². The largest absolute Gasteiger partial charge is 0.379 e. The number of hydrogen-bond donors (Lipinski definition) is 1. The maximum Gasteiger partial charge on any atom is 0.172 e. The molecule has 1 N–H and O–H groups in total. The van der Waals surface area contributed by atoms with Gasteiger partial charge in [0.15, 0.2) is 6.29 Å². The first kappa shape index (κ1) is 15.3. The van der Waals surface area contributed by atoms with Crippen LogP contribution in [0.4, 0.5) is 0 Å². The Balaban J connectivity index is 1.57. The Labute approximate surface area is 130 Å². The highest BCUT2D eigenvalue weighted by Crippen LogP contribution is 2.31. The van der Waals surface area contributed by atoms with Gasteiger partial charge in [0.1, 0.15) is 0 Å². The molecule has 1 aromatic rings. The summed E-state index contributed by atoms with van der Waals surface area (Å²) in [5, 5.41) is 10.0. The van der Waals surface area contributed by atoms with Crippen molar-refractivity contribution in [1.82, 2.24) is 4.90 Å². The van der Waals surface area contributed by atoms with Crippen LogP contribution < -0.4 is 0 Å².